The van der Waals surface area contributed by atoms with Crippen molar-refractivity contribution < 1.29 is 4.79 Å². The summed E-state index contributed by atoms with van der Waals surface area (Å²) in [5, 5.41) is 1.37. The van der Waals surface area contributed by atoms with Gasteiger partial charge in [-0.05, 0) is 36.3 Å². The molecular formula is C19H22N2O. The van der Waals surface area contributed by atoms with E-state index in [1.165, 1.54) is 22.2 Å². The Bertz CT molecular complexity index is 717. The third kappa shape index (κ3) is 2.03. The molecule has 2 aliphatic rings. The van der Waals surface area contributed by atoms with Crippen molar-refractivity contribution in [2.75, 3.05) is 13.1 Å². The van der Waals surface area contributed by atoms with Crippen molar-refractivity contribution in [1.29, 1.82) is 0 Å². The van der Waals surface area contributed by atoms with Gasteiger partial charge in [0.25, 0.3) is 0 Å². The van der Waals surface area contributed by atoms with Crippen LogP contribution in [-0.2, 0) is 11.2 Å². The predicted octanol–water partition coefficient (Wildman–Crippen LogP) is 3.48. The van der Waals surface area contributed by atoms with E-state index in [4.69, 9.17) is 0 Å². The van der Waals surface area contributed by atoms with Crippen molar-refractivity contribution in [3.8, 4) is 0 Å². The number of fused-ring (bicyclic) bond motifs is 5. The second-order valence-electron chi connectivity index (χ2n) is 6.62. The normalized spacial score (nSPS) is 28.1. The molecule has 1 aromatic heterocycles. The SMILES string of the molecule is C=C[C@H]1CN2CCc3c([nH]c4ccccc34)[C@@H]2C[C@@H]1CC=O. The fraction of sp³-hybridized carbons (Fsp3) is 0.421. The summed E-state index contributed by atoms with van der Waals surface area (Å²) in [6.07, 6.45) is 5.93. The summed E-state index contributed by atoms with van der Waals surface area (Å²) in [6.45, 7) is 6.12. The number of aromatic amines is 1. The Morgan fingerprint density at radius 2 is 2.23 bits per heavy atom. The lowest BCUT2D eigenvalue weighted by molar-refractivity contribution is -0.109. The van der Waals surface area contributed by atoms with Crippen molar-refractivity contribution in [3.05, 3.63) is 48.2 Å². The number of hydrogen-bond donors (Lipinski definition) is 1. The molecule has 3 heteroatoms. The van der Waals surface area contributed by atoms with Gasteiger partial charge in [0.1, 0.15) is 6.29 Å². The molecule has 22 heavy (non-hydrogen) atoms. The molecule has 0 radical (unpaired) electrons. The van der Waals surface area contributed by atoms with Crippen molar-refractivity contribution in [2.45, 2.75) is 25.3 Å². The number of benzene rings is 1. The molecule has 2 aromatic rings. The molecule has 1 aromatic carbocycles. The first-order valence-corrected chi connectivity index (χ1v) is 8.21. The molecule has 1 fully saturated rings. The van der Waals surface area contributed by atoms with E-state index in [9.17, 15) is 4.79 Å². The summed E-state index contributed by atoms with van der Waals surface area (Å²) in [5.41, 5.74) is 4.11. The maximum absolute atomic E-state index is 11.0. The summed E-state index contributed by atoms with van der Waals surface area (Å²) in [5.74, 6) is 0.862. The van der Waals surface area contributed by atoms with E-state index in [1.807, 2.05) is 6.08 Å². The van der Waals surface area contributed by atoms with Gasteiger partial charge in [-0.2, -0.15) is 0 Å². The molecule has 0 bridgehead atoms. The Kier molecular flexibility index (Phi) is 3.38. The lowest BCUT2D eigenvalue weighted by atomic mass is 9.77. The summed E-state index contributed by atoms with van der Waals surface area (Å²) in [4.78, 5) is 17.3. The monoisotopic (exact) mass is 294 g/mol. The minimum absolute atomic E-state index is 0.425. The topological polar surface area (TPSA) is 36.1 Å². The van der Waals surface area contributed by atoms with Crippen LogP contribution in [0.2, 0.25) is 0 Å². The summed E-state index contributed by atoms with van der Waals surface area (Å²) < 4.78 is 0. The standard InChI is InChI=1S/C19H22N2O/c1-2-13-12-21-9-7-16-15-5-3-4-6-17(15)20-19(16)18(21)11-14(13)8-10-22/h2-6,10,13-14,18,20H,1,7-9,11-12H2/t13-,14-,18-/m0/s1. The highest BCUT2D eigenvalue weighted by Crippen LogP contribution is 2.43. The molecule has 2 aliphatic heterocycles. The number of aldehydes is 1. The Balaban J connectivity index is 1.74. The van der Waals surface area contributed by atoms with Crippen LogP contribution in [0.25, 0.3) is 10.9 Å². The molecule has 1 saturated heterocycles. The molecule has 1 N–H and O–H groups in total. The molecule has 0 saturated carbocycles. The minimum atomic E-state index is 0.425. The van der Waals surface area contributed by atoms with E-state index in [-0.39, 0.29) is 0 Å². The minimum Gasteiger partial charge on any atom is -0.357 e. The molecule has 0 aliphatic carbocycles. The number of para-hydroxylation sites is 1. The van der Waals surface area contributed by atoms with Gasteiger partial charge < -0.3 is 9.78 Å². The lowest BCUT2D eigenvalue weighted by Crippen LogP contribution is -2.45. The molecule has 3 nitrogen and oxygen atoms in total. The van der Waals surface area contributed by atoms with E-state index in [0.717, 1.165) is 32.2 Å². The number of piperidine rings is 1. The van der Waals surface area contributed by atoms with Crippen LogP contribution in [0.15, 0.2) is 36.9 Å². The number of carbonyl (C=O) groups is 1. The van der Waals surface area contributed by atoms with Crippen molar-refractivity contribution in [3.63, 3.8) is 0 Å². The van der Waals surface area contributed by atoms with E-state index in [0.29, 0.717) is 24.3 Å². The van der Waals surface area contributed by atoms with Crippen LogP contribution in [0.1, 0.15) is 30.1 Å². The van der Waals surface area contributed by atoms with Gasteiger partial charge in [-0.15, -0.1) is 6.58 Å². The van der Waals surface area contributed by atoms with Gasteiger partial charge in [0.05, 0.1) is 6.04 Å². The van der Waals surface area contributed by atoms with E-state index in [1.54, 1.807) is 0 Å². The van der Waals surface area contributed by atoms with Crippen molar-refractivity contribution in [1.82, 2.24) is 9.88 Å². The van der Waals surface area contributed by atoms with Crippen LogP contribution < -0.4 is 0 Å². The van der Waals surface area contributed by atoms with Crippen LogP contribution in [0.5, 0.6) is 0 Å². The van der Waals surface area contributed by atoms with Crippen LogP contribution >= 0.6 is 0 Å². The fourth-order valence-electron chi connectivity index (χ4n) is 4.40. The highest BCUT2D eigenvalue weighted by molar-refractivity contribution is 5.85. The Morgan fingerprint density at radius 1 is 1.36 bits per heavy atom. The number of rotatable bonds is 3. The Hall–Kier alpha value is -1.87. The predicted molar refractivity (Wildman–Crippen MR) is 88.8 cm³/mol. The van der Waals surface area contributed by atoms with Gasteiger partial charge >= 0.3 is 0 Å². The molecular weight excluding hydrogens is 272 g/mol. The quantitative estimate of drug-likeness (QED) is 0.695. The van der Waals surface area contributed by atoms with Crippen LogP contribution in [0.4, 0.5) is 0 Å². The first kappa shape index (κ1) is 13.8. The van der Waals surface area contributed by atoms with Gasteiger partial charge in [-0.1, -0.05) is 24.3 Å². The second kappa shape index (κ2) is 5.40. The Labute approximate surface area is 131 Å². The molecule has 3 heterocycles. The average molecular weight is 294 g/mol. The average Bonchev–Trinajstić information content (AvgIpc) is 2.93. The number of nitrogens with one attached hydrogen (secondary N) is 1. The number of carbonyl (C=O) groups excluding carboxylic acids is 1. The zero-order valence-corrected chi connectivity index (χ0v) is 12.8. The summed E-state index contributed by atoms with van der Waals surface area (Å²) in [6, 6.07) is 9.02. The molecule has 114 valence electrons. The summed E-state index contributed by atoms with van der Waals surface area (Å²) in [7, 11) is 0. The molecule has 4 rings (SSSR count). The second-order valence-corrected chi connectivity index (χ2v) is 6.62. The Morgan fingerprint density at radius 3 is 3.05 bits per heavy atom. The highest BCUT2D eigenvalue weighted by Gasteiger charge is 2.38. The third-order valence-corrected chi connectivity index (χ3v) is 5.55. The largest absolute Gasteiger partial charge is 0.357 e. The number of hydrogen-bond acceptors (Lipinski definition) is 2. The van der Waals surface area contributed by atoms with E-state index >= 15 is 0 Å². The third-order valence-electron chi connectivity index (χ3n) is 5.55. The van der Waals surface area contributed by atoms with Crippen molar-refractivity contribution in [2.24, 2.45) is 11.8 Å². The van der Waals surface area contributed by atoms with Gasteiger partial charge in [0.15, 0.2) is 0 Å². The zero-order valence-electron chi connectivity index (χ0n) is 12.8. The molecule has 0 spiro atoms. The molecule has 0 unspecified atom stereocenters. The zero-order chi connectivity index (χ0) is 15.1. The van der Waals surface area contributed by atoms with Crippen LogP contribution in [0.3, 0.4) is 0 Å². The van der Waals surface area contributed by atoms with Gasteiger partial charge in [0.2, 0.25) is 0 Å². The van der Waals surface area contributed by atoms with Crippen LogP contribution in [0, 0.1) is 11.8 Å². The van der Waals surface area contributed by atoms with E-state index < -0.39 is 0 Å². The van der Waals surface area contributed by atoms with Gasteiger partial charge in [-0.3, -0.25) is 4.90 Å². The molecule has 3 atom stereocenters. The van der Waals surface area contributed by atoms with Crippen LogP contribution in [-0.4, -0.2) is 29.3 Å². The van der Waals surface area contributed by atoms with Crippen molar-refractivity contribution >= 4 is 17.2 Å². The maximum Gasteiger partial charge on any atom is 0.120 e. The summed E-state index contributed by atoms with van der Waals surface area (Å²) >= 11 is 0. The smallest absolute Gasteiger partial charge is 0.120 e. The van der Waals surface area contributed by atoms with Gasteiger partial charge in [0, 0.05) is 36.1 Å². The fourth-order valence-corrected chi connectivity index (χ4v) is 4.40. The van der Waals surface area contributed by atoms with E-state index in [2.05, 4.69) is 40.7 Å². The lowest BCUT2D eigenvalue weighted by Gasteiger charge is -2.45. The number of aromatic nitrogens is 1. The highest BCUT2D eigenvalue weighted by atomic mass is 16.1. The van der Waals surface area contributed by atoms with Gasteiger partial charge in [-0.25, -0.2) is 0 Å². The maximum atomic E-state index is 11.0. The first-order valence-electron chi connectivity index (χ1n) is 8.21. The molecule has 0 amide bonds. The first-order chi connectivity index (χ1) is 10.8. The number of H-pyrrole nitrogens is 1. The number of nitrogens with zero attached hydrogens (tertiary/aromatic N) is 1.